The molecular weight excluding hydrogens is 290 g/mol. The van der Waals surface area contributed by atoms with Crippen molar-refractivity contribution in [3.63, 3.8) is 0 Å². The summed E-state index contributed by atoms with van der Waals surface area (Å²) in [6, 6.07) is 4.47. The molecule has 1 heteroatoms. The molecule has 0 radical (unpaired) electrons. The van der Waals surface area contributed by atoms with Gasteiger partial charge in [0.05, 0.1) is 0 Å². The first kappa shape index (κ1) is 17.9. The smallest absolute Gasteiger partial charge is 0.0400 e. The van der Waals surface area contributed by atoms with Crippen LogP contribution in [0.1, 0.15) is 49.9 Å². The minimum atomic E-state index is 0.936. The average Bonchev–Trinajstić information content (AvgIpc) is 3.05. The molecule has 1 aliphatic rings. The number of aliphatic imine (C=N–C) groups is 1. The van der Waals surface area contributed by atoms with E-state index in [0.29, 0.717) is 0 Å². The third-order valence-corrected chi connectivity index (χ3v) is 4.94. The number of rotatable bonds is 5. The molecular formula is C23H27N. The Morgan fingerprint density at radius 1 is 1.17 bits per heavy atom. The summed E-state index contributed by atoms with van der Waals surface area (Å²) in [5.41, 5.74) is 11.2. The molecule has 24 heavy (non-hydrogen) atoms. The summed E-state index contributed by atoms with van der Waals surface area (Å²) >= 11 is 0. The second-order valence-electron chi connectivity index (χ2n) is 6.42. The maximum Gasteiger partial charge on any atom is 0.0400 e. The van der Waals surface area contributed by atoms with Gasteiger partial charge in [0.2, 0.25) is 0 Å². The van der Waals surface area contributed by atoms with Crippen molar-refractivity contribution in [2.45, 2.75) is 41.0 Å². The molecule has 2 rings (SSSR count). The zero-order valence-corrected chi connectivity index (χ0v) is 15.5. The molecule has 0 saturated heterocycles. The first-order chi connectivity index (χ1) is 11.4. The van der Waals surface area contributed by atoms with Crippen LogP contribution in [0.3, 0.4) is 0 Å². The Morgan fingerprint density at radius 3 is 2.50 bits per heavy atom. The summed E-state index contributed by atoms with van der Waals surface area (Å²) in [4.78, 5) is 4.04. The maximum absolute atomic E-state index is 4.04. The number of nitrogens with zero attached hydrogens (tertiary/aromatic N) is 1. The molecule has 0 bridgehead atoms. The highest BCUT2D eigenvalue weighted by Crippen LogP contribution is 2.33. The predicted octanol–water partition coefficient (Wildman–Crippen LogP) is 6.46. The van der Waals surface area contributed by atoms with Crippen molar-refractivity contribution in [3.05, 3.63) is 81.6 Å². The molecule has 1 aromatic carbocycles. The summed E-state index contributed by atoms with van der Waals surface area (Å²) in [6.45, 7) is 18.2. The summed E-state index contributed by atoms with van der Waals surface area (Å²) in [5, 5.41) is 0. The van der Waals surface area contributed by atoms with Gasteiger partial charge in [-0.1, -0.05) is 43.0 Å². The van der Waals surface area contributed by atoms with Crippen LogP contribution in [-0.2, 0) is 6.42 Å². The normalized spacial score (nSPS) is 15.6. The average molecular weight is 317 g/mol. The van der Waals surface area contributed by atoms with E-state index < -0.39 is 0 Å². The molecule has 1 aromatic rings. The van der Waals surface area contributed by atoms with Crippen LogP contribution in [-0.4, -0.2) is 6.72 Å². The number of allylic oxidation sites excluding steroid dienone is 8. The van der Waals surface area contributed by atoms with Crippen LogP contribution >= 0.6 is 0 Å². The van der Waals surface area contributed by atoms with Crippen LogP contribution in [0.5, 0.6) is 0 Å². The lowest BCUT2D eigenvalue weighted by Crippen LogP contribution is -1.96. The molecule has 1 aliphatic carbocycles. The van der Waals surface area contributed by atoms with E-state index in [0.717, 1.165) is 23.3 Å². The minimum Gasteiger partial charge on any atom is -0.269 e. The van der Waals surface area contributed by atoms with E-state index in [-0.39, 0.29) is 0 Å². The molecule has 0 heterocycles. The van der Waals surface area contributed by atoms with E-state index >= 15 is 0 Å². The lowest BCUT2D eigenvalue weighted by molar-refractivity contribution is 1.22. The van der Waals surface area contributed by atoms with Crippen molar-refractivity contribution in [2.75, 3.05) is 0 Å². The standard InChI is InChI=1S/C23H27N/c1-8-20(18(5)19(6)24-7)14-16(3)17(4)23-15(2)12-13-21-10-9-11-22(21)23/h8-9,11-14H,1,7,10H2,2-6H3/b17-16+,19-18+,20-14+. The first-order valence-corrected chi connectivity index (χ1v) is 8.36. The van der Waals surface area contributed by atoms with E-state index in [9.17, 15) is 0 Å². The summed E-state index contributed by atoms with van der Waals surface area (Å²) in [5.74, 6) is 0. The highest BCUT2D eigenvalue weighted by molar-refractivity contribution is 5.81. The molecule has 0 aliphatic heterocycles. The number of fused-ring (bicyclic) bond motifs is 1. The van der Waals surface area contributed by atoms with E-state index in [1.54, 1.807) is 0 Å². The quantitative estimate of drug-likeness (QED) is 0.436. The van der Waals surface area contributed by atoms with Crippen LogP contribution < -0.4 is 0 Å². The Labute approximate surface area is 146 Å². The fourth-order valence-electron chi connectivity index (χ4n) is 3.13. The van der Waals surface area contributed by atoms with E-state index in [2.05, 4.69) is 76.3 Å². The molecule has 0 spiro atoms. The van der Waals surface area contributed by atoms with Crippen molar-refractivity contribution in [1.29, 1.82) is 0 Å². The Kier molecular flexibility index (Phi) is 5.56. The molecule has 124 valence electrons. The van der Waals surface area contributed by atoms with Crippen LogP contribution in [0.4, 0.5) is 0 Å². The fourth-order valence-corrected chi connectivity index (χ4v) is 3.13. The summed E-state index contributed by atoms with van der Waals surface area (Å²) < 4.78 is 0. The van der Waals surface area contributed by atoms with Gasteiger partial charge in [0.1, 0.15) is 0 Å². The van der Waals surface area contributed by atoms with Crippen molar-refractivity contribution in [1.82, 2.24) is 0 Å². The number of aryl methyl sites for hydroxylation is 1. The minimum absolute atomic E-state index is 0.936. The summed E-state index contributed by atoms with van der Waals surface area (Å²) in [7, 11) is 0. The largest absolute Gasteiger partial charge is 0.269 e. The lowest BCUT2D eigenvalue weighted by Gasteiger charge is -2.15. The topological polar surface area (TPSA) is 12.4 Å². The van der Waals surface area contributed by atoms with Gasteiger partial charge in [-0.15, -0.1) is 0 Å². The molecule has 0 aromatic heterocycles. The highest BCUT2D eigenvalue weighted by atomic mass is 14.7. The Bertz CT molecular complexity index is 811. The maximum atomic E-state index is 4.04. The van der Waals surface area contributed by atoms with Gasteiger partial charge in [-0.2, -0.15) is 0 Å². The van der Waals surface area contributed by atoms with Gasteiger partial charge in [-0.3, -0.25) is 4.99 Å². The van der Waals surface area contributed by atoms with Gasteiger partial charge in [-0.05, 0) is 92.3 Å². The molecule has 0 unspecified atom stereocenters. The van der Waals surface area contributed by atoms with Crippen molar-refractivity contribution < 1.29 is 0 Å². The number of hydrogen-bond acceptors (Lipinski definition) is 1. The molecule has 0 fully saturated rings. The molecule has 0 atom stereocenters. The molecule has 1 nitrogen and oxygen atoms in total. The second-order valence-corrected chi connectivity index (χ2v) is 6.42. The third-order valence-electron chi connectivity index (χ3n) is 4.94. The number of hydrogen-bond donors (Lipinski definition) is 0. The third kappa shape index (κ3) is 3.41. The van der Waals surface area contributed by atoms with Crippen molar-refractivity contribution in [2.24, 2.45) is 4.99 Å². The zero-order valence-electron chi connectivity index (χ0n) is 15.5. The van der Waals surface area contributed by atoms with Gasteiger partial charge < -0.3 is 0 Å². The molecule has 0 N–H and O–H groups in total. The Morgan fingerprint density at radius 2 is 1.88 bits per heavy atom. The van der Waals surface area contributed by atoms with Gasteiger partial charge in [0, 0.05) is 5.70 Å². The highest BCUT2D eigenvalue weighted by Gasteiger charge is 2.14. The Balaban J connectivity index is 2.59. The van der Waals surface area contributed by atoms with Crippen LogP contribution in [0.2, 0.25) is 0 Å². The second kappa shape index (κ2) is 7.44. The molecule has 0 saturated carbocycles. The van der Waals surface area contributed by atoms with Crippen LogP contribution in [0.25, 0.3) is 11.6 Å². The van der Waals surface area contributed by atoms with Gasteiger partial charge in [-0.25, -0.2) is 0 Å². The Hall–Kier alpha value is -2.41. The predicted molar refractivity (Wildman–Crippen MR) is 108 cm³/mol. The van der Waals surface area contributed by atoms with E-state index in [1.165, 1.54) is 33.4 Å². The van der Waals surface area contributed by atoms with Crippen LogP contribution in [0.15, 0.2) is 64.3 Å². The van der Waals surface area contributed by atoms with Crippen molar-refractivity contribution >= 4 is 18.4 Å². The lowest BCUT2D eigenvalue weighted by atomic mass is 9.90. The molecule has 0 amide bonds. The fraction of sp³-hybridized carbons (Fsp3) is 0.261. The van der Waals surface area contributed by atoms with Crippen molar-refractivity contribution in [3.8, 4) is 0 Å². The monoisotopic (exact) mass is 317 g/mol. The van der Waals surface area contributed by atoms with Gasteiger partial charge >= 0.3 is 0 Å². The van der Waals surface area contributed by atoms with Crippen LogP contribution in [0, 0.1) is 6.92 Å². The number of benzene rings is 1. The first-order valence-electron chi connectivity index (χ1n) is 8.36. The van der Waals surface area contributed by atoms with Gasteiger partial charge in [0.15, 0.2) is 0 Å². The van der Waals surface area contributed by atoms with E-state index in [4.69, 9.17) is 0 Å². The SMILES string of the molecule is C=CC(=C\C(C)=C(/C)c1c(C)ccc2c1C=CC2)/C(C)=C(\C)N=C. The van der Waals surface area contributed by atoms with Gasteiger partial charge in [0.25, 0.3) is 0 Å². The van der Waals surface area contributed by atoms with E-state index in [1.807, 2.05) is 13.0 Å². The summed E-state index contributed by atoms with van der Waals surface area (Å²) in [6.07, 6.45) is 9.62. The zero-order chi connectivity index (χ0) is 17.9.